The van der Waals surface area contributed by atoms with Crippen LogP contribution in [0.5, 0.6) is 5.75 Å². The average Bonchev–Trinajstić information content (AvgIpc) is 2.43. The third kappa shape index (κ3) is 6.09. The molecule has 0 radical (unpaired) electrons. The number of aliphatic hydroxyl groups excluding tert-OH is 1. The first-order valence-electron chi connectivity index (χ1n) is 8.41. The Morgan fingerprint density at radius 2 is 1.96 bits per heavy atom. The first-order valence-corrected chi connectivity index (χ1v) is 8.41. The number of nitrogens with zero attached hydrogens (tertiary/aromatic N) is 2. The summed E-state index contributed by atoms with van der Waals surface area (Å²) in [5, 5.41) is 10.2. The van der Waals surface area contributed by atoms with Gasteiger partial charge in [0, 0.05) is 42.5 Å². The van der Waals surface area contributed by atoms with E-state index in [0.29, 0.717) is 12.5 Å². The molecule has 1 saturated heterocycles. The molecule has 0 aromatic carbocycles. The van der Waals surface area contributed by atoms with Gasteiger partial charge in [-0.1, -0.05) is 0 Å². The highest BCUT2D eigenvalue weighted by Gasteiger charge is 2.28. The van der Waals surface area contributed by atoms with Gasteiger partial charge in [-0.25, -0.2) is 0 Å². The molecule has 130 valence electrons. The van der Waals surface area contributed by atoms with E-state index in [9.17, 15) is 5.11 Å². The van der Waals surface area contributed by atoms with Crippen LogP contribution in [0.1, 0.15) is 45.0 Å². The quantitative estimate of drug-likeness (QED) is 0.845. The molecule has 2 rings (SSSR count). The Labute approximate surface area is 139 Å². The normalized spacial score (nSPS) is 21.2. The SMILES string of the molecule is Cc1cc(OC[C@@H]2CCCN(C(O)OC(C)(C)C)C2)cc(C)n1. The van der Waals surface area contributed by atoms with Crippen molar-refractivity contribution < 1.29 is 14.6 Å². The van der Waals surface area contributed by atoms with E-state index in [2.05, 4.69) is 4.98 Å². The summed E-state index contributed by atoms with van der Waals surface area (Å²) in [5.74, 6) is 1.27. The average molecular weight is 322 g/mol. The molecule has 1 aromatic rings. The van der Waals surface area contributed by atoms with Crippen molar-refractivity contribution in [1.82, 2.24) is 9.88 Å². The number of aryl methyl sites for hydroxylation is 2. The van der Waals surface area contributed by atoms with E-state index < -0.39 is 6.41 Å². The third-order valence-electron chi connectivity index (χ3n) is 3.86. The predicted octanol–water partition coefficient (Wildman–Crippen LogP) is 2.88. The number of hydrogen-bond donors (Lipinski definition) is 1. The van der Waals surface area contributed by atoms with Crippen molar-refractivity contribution in [2.45, 2.75) is 59.5 Å². The predicted molar refractivity (Wildman–Crippen MR) is 90.3 cm³/mol. The van der Waals surface area contributed by atoms with Crippen molar-refractivity contribution in [3.63, 3.8) is 0 Å². The number of ether oxygens (including phenoxy) is 2. The fraction of sp³-hybridized carbons (Fsp3) is 0.722. The van der Waals surface area contributed by atoms with Gasteiger partial charge in [-0.15, -0.1) is 0 Å². The minimum atomic E-state index is -0.844. The second-order valence-corrected chi connectivity index (χ2v) is 7.46. The van der Waals surface area contributed by atoms with Gasteiger partial charge in [0.2, 0.25) is 6.41 Å². The summed E-state index contributed by atoms with van der Waals surface area (Å²) in [6.45, 7) is 12.1. The molecule has 1 aromatic heterocycles. The van der Waals surface area contributed by atoms with Crippen molar-refractivity contribution in [2.75, 3.05) is 19.7 Å². The van der Waals surface area contributed by atoms with Crippen LogP contribution in [0.3, 0.4) is 0 Å². The van der Waals surface area contributed by atoms with Gasteiger partial charge in [-0.2, -0.15) is 0 Å². The van der Waals surface area contributed by atoms with Crippen LogP contribution >= 0.6 is 0 Å². The molecule has 1 aliphatic rings. The maximum absolute atomic E-state index is 10.2. The molecule has 2 atom stereocenters. The molecule has 2 heterocycles. The summed E-state index contributed by atoms with van der Waals surface area (Å²) in [7, 11) is 0. The zero-order chi connectivity index (χ0) is 17.0. The second-order valence-electron chi connectivity index (χ2n) is 7.46. The molecule has 23 heavy (non-hydrogen) atoms. The van der Waals surface area contributed by atoms with Crippen molar-refractivity contribution >= 4 is 0 Å². The van der Waals surface area contributed by atoms with Crippen LogP contribution in [0.25, 0.3) is 0 Å². The van der Waals surface area contributed by atoms with E-state index in [1.807, 2.05) is 51.7 Å². The number of aromatic nitrogens is 1. The molecule has 1 aliphatic heterocycles. The number of rotatable bonds is 5. The maximum atomic E-state index is 10.2. The van der Waals surface area contributed by atoms with Crippen LogP contribution < -0.4 is 4.74 Å². The number of pyridine rings is 1. The van der Waals surface area contributed by atoms with Crippen LogP contribution in [0.2, 0.25) is 0 Å². The monoisotopic (exact) mass is 322 g/mol. The molecule has 0 saturated carbocycles. The largest absolute Gasteiger partial charge is 0.493 e. The summed E-state index contributed by atoms with van der Waals surface area (Å²) in [6, 6.07) is 3.93. The highest BCUT2D eigenvalue weighted by molar-refractivity contribution is 5.26. The van der Waals surface area contributed by atoms with E-state index in [1.54, 1.807) is 0 Å². The van der Waals surface area contributed by atoms with Crippen LogP contribution in [0, 0.1) is 19.8 Å². The van der Waals surface area contributed by atoms with Crippen LogP contribution in [0.15, 0.2) is 12.1 Å². The van der Waals surface area contributed by atoms with Crippen molar-refractivity contribution in [2.24, 2.45) is 5.92 Å². The van der Waals surface area contributed by atoms with Gasteiger partial charge in [-0.3, -0.25) is 9.88 Å². The Morgan fingerprint density at radius 1 is 1.30 bits per heavy atom. The molecule has 1 fully saturated rings. The van der Waals surface area contributed by atoms with E-state index >= 15 is 0 Å². The fourth-order valence-electron chi connectivity index (χ4n) is 2.92. The Morgan fingerprint density at radius 3 is 2.57 bits per heavy atom. The Bertz CT molecular complexity index is 493. The van der Waals surface area contributed by atoms with Gasteiger partial charge in [0.15, 0.2) is 0 Å². The van der Waals surface area contributed by atoms with Crippen molar-refractivity contribution in [3.05, 3.63) is 23.5 Å². The molecule has 0 spiro atoms. The van der Waals surface area contributed by atoms with E-state index in [1.165, 1.54) is 0 Å². The number of hydrogen-bond acceptors (Lipinski definition) is 5. The highest BCUT2D eigenvalue weighted by Crippen LogP contribution is 2.22. The van der Waals surface area contributed by atoms with Gasteiger partial charge >= 0.3 is 0 Å². The number of aliphatic hydroxyl groups is 1. The maximum Gasteiger partial charge on any atom is 0.216 e. The topological polar surface area (TPSA) is 54.8 Å². The molecular weight excluding hydrogens is 292 g/mol. The van der Waals surface area contributed by atoms with Crippen molar-refractivity contribution in [1.29, 1.82) is 0 Å². The van der Waals surface area contributed by atoms with Gasteiger partial charge in [-0.05, 0) is 47.5 Å². The molecule has 5 nitrogen and oxygen atoms in total. The Kier molecular flexibility index (Phi) is 6.00. The standard InChI is InChI=1S/C18H30N2O3/c1-13-9-16(10-14(2)19-13)22-12-15-7-6-8-20(11-15)17(21)23-18(3,4)5/h9-10,15,17,21H,6-8,11-12H2,1-5H3/t15-,17?/m1/s1. The fourth-order valence-corrected chi connectivity index (χ4v) is 2.92. The zero-order valence-corrected chi connectivity index (χ0v) is 15.0. The summed E-state index contributed by atoms with van der Waals surface area (Å²) >= 11 is 0. The summed E-state index contributed by atoms with van der Waals surface area (Å²) in [4.78, 5) is 6.35. The van der Waals surface area contributed by atoms with Gasteiger partial charge < -0.3 is 14.6 Å². The summed E-state index contributed by atoms with van der Waals surface area (Å²) < 4.78 is 11.6. The summed E-state index contributed by atoms with van der Waals surface area (Å²) in [5.41, 5.74) is 1.59. The van der Waals surface area contributed by atoms with E-state index in [0.717, 1.165) is 43.1 Å². The van der Waals surface area contributed by atoms with Crippen LogP contribution in [-0.2, 0) is 4.74 Å². The molecule has 0 amide bonds. The minimum Gasteiger partial charge on any atom is -0.493 e. The van der Waals surface area contributed by atoms with Gasteiger partial charge in [0.25, 0.3) is 0 Å². The van der Waals surface area contributed by atoms with Crippen molar-refractivity contribution in [3.8, 4) is 5.75 Å². The molecule has 0 aliphatic carbocycles. The number of piperidine rings is 1. The molecule has 1 N–H and O–H groups in total. The van der Waals surface area contributed by atoms with E-state index in [-0.39, 0.29) is 5.60 Å². The first-order chi connectivity index (χ1) is 10.7. The lowest BCUT2D eigenvalue weighted by atomic mass is 9.99. The second kappa shape index (κ2) is 7.60. The molecule has 1 unspecified atom stereocenters. The van der Waals surface area contributed by atoms with Gasteiger partial charge in [0.1, 0.15) is 5.75 Å². The Hall–Kier alpha value is -1.17. The zero-order valence-electron chi connectivity index (χ0n) is 15.0. The van der Waals surface area contributed by atoms with Gasteiger partial charge in [0.05, 0.1) is 12.2 Å². The summed E-state index contributed by atoms with van der Waals surface area (Å²) in [6.07, 6.45) is 1.32. The molecule has 5 heteroatoms. The molecular formula is C18H30N2O3. The third-order valence-corrected chi connectivity index (χ3v) is 3.86. The molecule has 0 bridgehead atoms. The van der Waals surface area contributed by atoms with Crippen LogP contribution in [0.4, 0.5) is 0 Å². The lowest BCUT2D eigenvalue weighted by molar-refractivity contribution is -0.245. The van der Waals surface area contributed by atoms with Crippen LogP contribution in [-0.4, -0.2) is 46.7 Å². The smallest absolute Gasteiger partial charge is 0.216 e. The van der Waals surface area contributed by atoms with E-state index in [4.69, 9.17) is 9.47 Å². The minimum absolute atomic E-state index is 0.352. The lowest BCUT2D eigenvalue weighted by Gasteiger charge is -2.37. The first kappa shape index (κ1) is 18.2. The lowest BCUT2D eigenvalue weighted by Crippen LogP contribution is -2.47. The highest BCUT2D eigenvalue weighted by atomic mass is 16.6. The Balaban J connectivity index is 1.86. The number of likely N-dealkylation sites (tertiary alicyclic amines) is 1.